The van der Waals surface area contributed by atoms with E-state index in [0.29, 0.717) is 5.92 Å². The molecule has 0 saturated heterocycles. The van der Waals surface area contributed by atoms with Gasteiger partial charge in [0.25, 0.3) is 0 Å². The molecule has 2 heteroatoms. The summed E-state index contributed by atoms with van der Waals surface area (Å²) < 4.78 is 12.3. The second-order valence-electron chi connectivity index (χ2n) is 4.81. The molecule has 1 unspecified atom stereocenters. The predicted octanol–water partition coefficient (Wildman–Crippen LogP) is 4.29. The van der Waals surface area contributed by atoms with Crippen molar-refractivity contribution in [3.05, 3.63) is 59.7 Å². The van der Waals surface area contributed by atoms with Gasteiger partial charge in [-0.1, -0.05) is 43.7 Å². The van der Waals surface area contributed by atoms with E-state index < -0.39 is 10.8 Å². The van der Waals surface area contributed by atoms with E-state index >= 15 is 0 Å². The third-order valence-corrected chi connectivity index (χ3v) is 4.40. The SMILES string of the molecule is Cc1ccc(S(=O)c2ccc(C(C)C)cc2)cc1. The monoisotopic (exact) mass is 258 g/mol. The number of hydrogen-bond donors (Lipinski definition) is 0. The van der Waals surface area contributed by atoms with Crippen molar-refractivity contribution in [3.8, 4) is 0 Å². The fraction of sp³-hybridized carbons (Fsp3) is 0.250. The first-order valence-corrected chi connectivity index (χ1v) is 7.31. The molecule has 0 aliphatic carbocycles. The van der Waals surface area contributed by atoms with Gasteiger partial charge >= 0.3 is 0 Å². The van der Waals surface area contributed by atoms with Gasteiger partial charge < -0.3 is 0 Å². The molecule has 0 N–H and O–H groups in total. The predicted molar refractivity (Wildman–Crippen MR) is 76.4 cm³/mol. The molecular formula is C16H18OS. The number of aryl methyl sites for hydroxylation is 1. The summed E-state index contributed by atoms with van der Waals surface area (Å²) in [5.41, 5.74) is 2.46. The van der Waals surface area contributed by atoms with E-state index in [9.17, 15) is 4.21 Å². The minimum Gasteiger partial charge on any atom is -0.249 e. The minimum absolute atomic E-state index is 0.506. The van der Waals surface area contributed by atoms with Gasteiger partial charge in [0.1, 0.15) is 0 Å². The Morgan fingerprint density at radius 3 is 1.72 bits per heavy atom. The first-order chi connectivity index (χ1) is 8.58. The lowest BCUT2D eigenvalue weighted by Crippen LogP contribution is -1.94. The summed E-state index contributed by atoms with van der Waals surface area (Å²) in [5.74, 6) is 0.506. The van der Waals surface area contributed by atoms with E-state index in [4.69, 9.17) is 0 Å². The van der Waals surface area contributed by atoms with E-state index in [1.807, 2.05) is 43.3 Å². The van der Waals surface area contributed by atoms with Crippen LogP contribution in [-0.4, -0.2) is 4.21 Å². The van der Waals surface area contributed by atoms with Gasteiger partial charge in [-0.05, 0) is 42.7 Å². The molecule has 0 heterocycles. The summed E-state index contributed by atoms with van der Waals surface area (Å²) in [6, 6.07) is 15.9. The molecule has 0 aliphatic heterocycles. The zero-order valence-electron chi connectivity index (χ0n) is 11.0. The second-order valence-corrected chi connectivity index (χ2v) is 6.29. The number of rotatable bonds is 3. The molecule has 2 aromatic rings. The molecule has 0 fully saturated rings. The molecule has 1 nitrogen and oxygen atoms in total. The van der Waals surface area contributed by atoms with E-state index in [0.717, 1.165) is 9.79 Å². The summed E-state index contributed by atoms with van der Waals surface area (Å²) in [7, 11) is -1.08. The second kappa shape index (κ2) is 5.49. The lowest BCUT2D eigenvalue weighted by Gasteiger charge is -2.07. The van der Waals surface area contributed by atoms with Crippen molar-refractivity contribution in [1.29, 1.82) is 0 Å². The van der Waals surface area contributed by atoms with Crippen LogP contribution in [0.25, 0.3) is 0 Å². The topological polar surface area (TPSA) is 17.1 Å². The lowest BCUT2D eigenvalue weighted by molar-refractivity contribution is 0.683. The minimum atomic E-state index is -1.08. The molecule has 1 atom stereocenters. The highest BCUT2D eigenvalue weighted by molar-refractivity contribution is 7.85. The van der Waals surface area contributed by atoms with Crippen molar-refractivity contribution < 1.29 is 4.21 Å². The summed E-state index contributed by atoms with van der Waals surface area (Å²) >= 11 is 0. The van der Waals surface area contributed by atoms with Gasteiger partial charge in [0, 0.05) is 9.79 Å². The van der Waals surface area contributed by atoms with Gasteiger partial charge in [-0.15, -0.1) is 0 Å². The molecule has 0 aromatic heterocycles. The maximum atomic E-state index is 12.3. The van der Waals surface area contributed by atoms with Crippen LogP contribution < -0.4 is 0 Å². The Morgan fingerprint density at radius 1 is 0.833 bits per heavy atom. The molecule has 0 bridgehead atoms. The quantitative estimate of drug-likeness (QED) is 0.803. The highest BCUT2D eigenvalue weighted by Gasteiger charge is 2.07. The Bertz CT molecular complexity index is 538. The molecule has 2 aromatic carbocycles. The molecule has 0 radical (unpaired) electrons. The average molecular weight is 258 g/mol. The fourth-order valence-electron chi connectivity index (χ4n) is 1.77. The largest absolute Gasteiger partial charge is 0.249 e. The van der Waals surface area contributed by atoms with Crippen molar-refractivity contribution in [2.45, 2.75) is 36.5 Å². The fourth-order valence-corrected chi connectivity index (χ4v) is 2.81. The highest BCUT2D eigenvalue weighted by Crippen LogP contribution is 2.20. The number of hydrogen-bond acceptors (Lipinski definition) is 1. The third kappa shape index (κ3) is 2.88. The molecule has 94 valence electrons. The van der Waals surface area contributed by atoms with E-state index in [1.165, 1.54) is 11.1 Å². The van der Waals surface area contributed by atoms with E-state index in [-0.39, 0.29) is 0 Å². The van der Waals surface area contributed by atoms with Crippen LogP contribution in [0.15, 0.2) is 58.3 Å². The highest BCUT2D eigenvalue weighted by atomic mass is 32.2. The van der Waals surface area contributed by atoms with Crippen molar-refractivity contribution >= 4 is 10.8 Å². The van der Waals surface area contributed by atoms with Crippen LogP contribution in [0.4, 0.5) is 0 Å². The van der Waals surface area contributed by atoms with Crippen LogP contribution >= 0.6 is 0 Å². The van der Waals surface area contributed by atoms with Gasteiger partial charge in [-0.2, -0.15) is 0 Å². The number of benzene rings is 2. The average Bonchev–Trinajstić information content (AvgIpc) is 2.39. The van der Waals surface area contributed by atoms with Crippen molar-refractivity contribution in [1.82, 2.24) is 0 Å². The summed E-state index contributed by atoms with van der Waals surface area (Å²) in [4.78, 5) is 1.72. The lowest BCUT2D eigenvalue weighted by atomic mass is 10.0. The molecule has 0 amide bonds. The maximum absolute atomic E-state index is 12.3. The van der Waals surface area contributed by atoms with E-state index in [1.54, 1.807) is 0 Å². The molecule has 2 rings (SSSR count). The maximum Gasteiger partial charge on any atom is 0.0849 e. The first-order valence-electron chi connectivity index (χ1n) is 6.16. The van der Waals surface area contributed by atoms with Crippen molar-refractivity contribution in [2.24, 2.45) is 0 Å². The van der Waals surface area contributed by atoms with Crippen LogP contribution in [-0.2, 0) is 10.8 Å². The van der Waals surface area contributed by atoms with Crippen LogP contribution in [0.3, 0.4) is 0 Å². The smallest absolute Gasteiger partial charge is 0.0849 e. The first kappa shape index (κ1) is 13.0. The molecule has 0 saturated carbocycles. The van der Waals surface area contributed by atoms with Crippen molar-refractivity contribution in [3.63, 3.8) is 0 Å². The van der Waals surface area contributed by atoms with Gasteiger partial charge in [0.2, 0.25) is 0 Å². The van der Waals surface area contributed by atoms with Gasteiger partial charge in [-0.25, -0.2) is 4.21 Å². The summed E-state index contributed by atoms with van der Waals surface area (Å²) in [6.45, 7) is 6.35. The zero-order valence-corrected chi connectivity index (χ0v) is 11.8. The van der Waals surface area contributed by atoms with Crippen LogP contribution in [0.1, 0.15) is 30.9 Å². The molecule has 0 aliphatic rings. The molecular weight excluding hydrogens is 240 g/mol. The van der Waals surface area contributed by atoms with Gasteiger partial charge in [0.05, 0.1) is 10.8 Å². The third-order valence-electron chi connectivity index (χ3n) is 3.00. The normalized spacial score (nSPS) is 12.7. The Balaban J connectivity index is 2.26. The zero-order chi connectivity index (χ0) is 13.1. The molecule has 0 spiro atoms. The Labute approximate surface area is 111 Å². The Kier molecular flexibility index (Phi) is 3.97. The van der Waals surface area contributed by atoms with Gasteiger partial charge in [0.15, 0.2) is 0 Å². The van der Waals surface area contributed by atoms with Gasteiger partial charge in [-0.3, -0.25) is 0 Å². The van der Waals surface area contributed by atoms with Crippen LogP contribution in [0, 0.1) is 6.92 Å². The standard InChI is InChI=1S/C16H18OS/c1-12(2)14-6-10-16(11-7-14)18(17)15-8-4-13(3)5-9-15/h4-12H,1-3H3. The van der Waals surface area contributed by atoms with E-state index in [2.05, 4.69) is 26.0 Å². The summed E-state index contributed by atoms with van der Waals surface area (Å²) in [6.07, 6.45) is 0. The van der Waals surface area contributed by atoms with Crippen LogP contribution in [0.5, 0.6) is 0 Å². The van der Waals surface area contributed by atoms with Crippen molar-refractivity contribution in [2.75, 3.05) is 0 Å². The molecule has 18 heavy (non-hydrogen) atoms. The Hall–Kier alpha value is -1.41. The Morgan fingerprint density at radius 2 is 1.28 bits per heavy atom. The summed E-state index contributed by atoms with van der Waals surface area (Å²) in [5, 5.41) is 0. The van der Waals surface area contributed by atoms with Crippen LogP contribution in [0.2, 0.25) is 0 Å².